The Balaban J connectivity index is 1.64. The summed E-state index contributed by atoms with van der Waals surface area (Å²) in [6, 6.07) is 10.7. The van der Waals surface area contributed by atoms with Gasteiger partial charge in [-0.2, -0.15) is 0 Å². The fraction of sp³-hybridized carbons (Fsp3) is 0.118. The van der Waals surface area contributed by atoms with Crippen LogP contribution in [0.25, 0.3) is 5.52 Å². The molecule has 1 N–H and O–H groups in total. The van der Waals surface area contributed by atoms with Crippen molar-refractivity contribution in [2.45, 2.75) is 5.16 Å². The summed E-state index contributed by atoms with van der Waals surface area (Å²) in [5.74, 6) is -1.27. The zero-order chi connectivity index (χ0) is 19.4. The molecule has 0 aliphatic carbocycles. The molecule has 0 spiro atoms. The topological polar surface area (TPSA) is 116 Å². The minimum absolute atomic E-state index is 0.0873. The van der Waals surface area contributed by atoms with Gasteiger partial charge in [-0.25, -0.2) is 9.78 Å². The number of hydrogen-bond acceptors (Lipinski definition) is 7. The first-order valence-electron chi connectivity index (χ1n) is 7.72. The third kappa shape index (κ3) is 4.06. The maximum atomic E-state index is 12.3. The molecule has 0 aliphatic heterocycles. The first-order chi connectivity index (χ1) is 13.0. The lowest BCUT2D eigenvalue weighted by molar-refractivity contribution is -0.384. The van der Waals surface area contributed by atoms with Gasteiger partial charge >= 0.3 is 5.97 Å². The van der Waals surface area contributed by atoms with Crippen LogP contribution in [0.5, 0.6) is 0 Å². The molecular formula is C17H14N4O5S. The summed E-state index contributed by atoms with van der Waals surface area (Å²) >= 11 is 1.38. The van der Waals surface area contributed by atoms with Crippen LogP contribution in [0.2, 0.25) is 0 Å². The maximum absolute atomic E-state index is 12.3. The normalized spacial score (nSPS) is 10.6. The number of fused-ring (bicyclic) bond motifs is 1. The Kier molecular flexibility index (Phi) is 5.36. The average Bonchev–Trinajstić information content (AvgIpc) is 3.05. The highest BCUT2D eigenvalue weighted by Crippen LogP contribution is 2.20. The van der Waals surface area contributed by atoms with Crippen molar-refractivity contribution >= 4 is 40.5 Å². The number of nitro benzene ring substituents is 1. The second-order valence-corrected chi connectivity index (χ2v) is 6.10. The fourth-order valence-corrected chi connectivity index (χ4v) is 2.91. The highest BCUT2D eigenvalue weighted by molar-refractivity contribution is 7.98. The Bertz CT molecular complexity index is 1020. The highest BCUT2D eigenvalue weighted by atomic mass is 32.2. The molecular weight excluding hydrogens is 372 g/mol. The molecule has 10 heteroatoms. The molecule has 0 bridgehead atoms. The largest absolute Gasteiger partial charge is 0.451 e. The molecule has 0 unspecified atom stereocenters. The van der Waals surface area contributed by atoms with Gasteiger partial charge in [0.1, 0.15) is 0 Å². The zero-order valence-electron chi connectivity index (χ0n) is 14.1. The molecule has 27 heavy (non-hydrogen) atoms. The number of rotatable bonds is 6. The lowest BCUT2D eigenvalue weighted by Gasteiger charge is -2.05. The van der Waals surface area contributed by atoms with Gasteiger partial charge in [-0.15, -0.1) is 0 Å². The van der Waals surface area contributed by atoms with Gasteiger partial charge in [-0.05, 0) is 30.5 Å². The predicted octanol–water partition coefficient (Wildman–Crippen LogP) is 2.76. The average molecular weight is 386 g/mol. The summed E-state index contributed by atoms with van der Waals surface area (Å²) < 4.78 is 6.81. The van der Waals surface area contributed by atoms with Crippen molar-refractivity contribution in [3.8, 4) is 0 Å². The molecule has 2 heterocycles. The van der Waals surface area contributed by atoms with Gasteiger partial charge in [0.05, 0.1) is 10.4 Å². The molecule has 1 amide bonds. The van der Waals surface area contributed by atoms with Crippen LogP contribution >= 0.6 is 11.8 Å². The van der Waals surface area contributed by atoms with Crippen LogP contribution in [0.3, 0.4) is 0 Å². The third-order valence-electron chi connectivity index (χ3n) is 3.59. The van der Waals surface area contributed by atoms with Gasteiger partial charge in [-0.3, -0.25) is 19.3 Å². The summed E-state index contributed by atoms with van der Waals surface area (Å²) in [5.41, 5.74) is 0.986. The van der Waals surface area contributed by atoms with Crippen LogP contribution in [-0.2, 0) is 9.53 Å². The van der Waals surface area contributed by atoms with Crippen molar-refractivity contribution in [2.24, 2.45) is 0 Å². The number of nitro groups is 1. The van der Waals surface area contributed by atoms with E-state index in [1.807, 2.05) is 12.3 Å². The SMILES string of the molecule is CSc1nc(C(=O)OCC(=O)Nc2ccc([N+](=O)[O-])cc2)c2ccccn12. The van der Waals surface area contributed by atoms with Gasteiger partial charge in [-0.1, -0.05) is 17.8 Å². The first kappa shape index (κ1) is 18.4. The van der Waals surface area contributed by atoms with Crippen LogP contribution in [0.4, 0.5) is 11.4 Å². The van der Waals surface area contributed by atoms with Gasteiger partial charge in [0.25, 0.3) is 11.6 Å². The standard InChI is InChI=1S/C17H14N4O5S/c1-27-17-19-15(13-4-2-3-9-20(13)17)16(23)26-10-14(22)18-11-5-7-12(8-6-11)21(24)25/h2-9H,10H2,1H3,(H,18,22). The number of imidazole rings is 1. The van der Waals surface area contributed by atoms with Crippen LogP contribution in [-0.4, -0.2) is 39.0 Å². The first-order valence-corrected chi connectivity index (χ1v) is 8.94. The van der Waals surface area contributed by atoms with Crippen molar-refractivity contribution in [3.63, 3.8) is 0 Å². The van der Waals surface area contributed by atoms with E-state index in [1.165, 1.54) is 36.0 Å². The fourth-order valence-electron chi connectivity index (χ4n) is 2.37. The Morgan fingerprint density at radius 1 is 1.26 bits per heavy atom. The molecule has 0 saturated heterocycles. The number of nitrogens with zero attached hydrogens (tertiary/aromatic N) is 3. The Morgan fingerprint density at radius 2 is 2.00 bits per heavy atom. The van der Waals surface area contributed by atoms with Crippen LogP contribution in [0, 0.1) is 10.1 Å². The summed E-state index contributed by atoms with van der Waals surface area (Å²) in [7, 11) is 0. The van der Waals surface area contributed by atoms with Crippen LogP contribution in [0.15, 0.2) is 53.8 Å². The quantitative estimate of drug-likeness (QED) is 0.300. The van der Waals surface area contributed by atoms with Crippen molar-refractivity contribution in [2.75, 3.05) is 18.2 Å². The van der Waals surface area contributed by atoms with Gasteiger partial charge in [0.2, 0.25) is 0 Å². The van der Waals surface area contributed by atoms with Crippen molar-refractivity contribution in [1.82, 2.24) is 9.38 Å². The number of anilines is 1. The highest BCUT2D eigenvalue weighted by Gasteiger charge is 2.19. The van der Waals surface area contributed by atoms with Crippen LogP contribution in [0.1, 0.15) is 10.5 Å². The number of pyridine rings is 1. The lowest BCUT2D eigenvalue weighted by atomic mass is 10.3. The van der Waals surface area contributed by atoms with E-state index in [2.05, 4.69) is 10.3 Å². The molecule has 2 aromatic heterocycles. The summed E-state index contributed by atoms with van der Waals surface area (Å²) in [6.07, 6.45) is 3.63. The molecule has 1 aromatic carbocycles. The molecule has 138 valence electrons. The third-order valence-corrected chi connectivity index (χ3v) is 4.24. The number of esters is 1. The van der Waals surface area contributed by atoms with Crippen molar-refractivity contribution in [1.29, 1.82) is 0 Å². The van der Waals surface area contributed by atoms with E-state index < -0.39 is 23.4 Å². The maximum Gasteiger partial charge on any atom is 0.359 e. The molecule has 0 fully saturated rings. The van der Waals surface area contributed by atoms with E-state index in [9.17, 15) is 19.7 Å². The van der Waals surface area contributed by atoms with E-state index >= 15 is 0 Å². The number of non-ortho nitro benzene ring substituents is 1. The number of hydrogen-bond donors (Lipinski definition) is 1. The molecule has 0 radical (unpaired) electrons. The number of nitrogens with one attached hydrogen (secondary N) is 1. The molecule has 0 aliphatic rings. The van der Waals surface area contributed by atoms with Gasteiger partial charge in [0, 0.05) is 24.0 Å². The van der Waals surface area contributed by atoms with E-state index in [0.29, 0.717) is 16.4 Å². The Hall–Kier alpha value is -3.40. The summed E-state index contributed by atoms with van der Waals surface area (Å²) in [5, 5.41) is 13.7. The minimum Gasteiger partial charge on any atom is -0.451 e. The molecule has 3 aromatic rings. The van der Waals surface area contributed by atoms with E-state index in [1.54, 1.807) is 22.7 Å². The Labute approximate surface area is 157 Å². The number of aromatic nitrogens is 2. The number of thioether (sulfide) groups is 1. The number of ether oxygens (including phenoxy) is 1. The van der Waals surface area contributed by atoms with E-state index in [0.717, 1.165) is 0 Å². The smallest absolute Gasteiger partial charge is 0.359 e. The number of carbonyl (C=O) groups is 2. The summed E-state index contributed by atoms with van der Waals surface area (Å²) in [4.78, 5) is 38.6. The molecule has 9 nitrogen and oxygen atoms in total. The summed E-state index contributed by atoms with van der Waals surface area (Å²) in [6.45, 7) is -0.504. The lowest BCUT2D eigenvalue weighted by Crippen LogP contribution is -2.21. The monoisotopic (exact) mass is 386 g/mol. The minimum atomic E-state index is -0.710. The predicted molar refractivity (Wildman–Crippen MR) is 99.0 cm³/mol. The van der Waals surface area contributed by atoms with Gasteiger partial charge < -0.3 is 10.1 Å². The second kappa shape index (κ2) is 7.87. The van der Waals surface area contributed by atoms with Gasteiger partial charge in [0.15, 0.2) is 17.5 Å². The number of benzene rings is 1. The number of amides is 1. The van der Waals surface area contributed by atoms with E-state index in [4.69, 9.17) is 4.74 Å². The van der Waals surface area contributed by atoms with Crippen molar-refractivity contribution in [3.05, 3.63) is 64.5 Å². The van der Waals surface area contributed by atoms with Crippen LogP contribution < -0.4 is 5.32 Å². The number of carbonyl (C=O) groups excluding carboxylic acids is 2. The van der Waals surface area contributed by atoms with E-state index in [-0.39, 0.29) is 11.4 Å². The second-order valence-electron chi connectivity index (χ2n) is 5.33. The van der Waals surface area contributed by atoms with Crippen molar-refractivity contribution < 1.29 is 19.2 Å². The Morgan fingerprint density at radius 3 is 2.67 bits per heavy atom. The molecule has 3 rings (SSSR count). The molecule has 0 atom stereocenters. The molecule has 0 saturated carbocycles. The zero-order valence-corrected chi connectivity index (χ0v) is 14.9.